The third-order valence-corrected chi connectivity index (χ3v) is 1.64. The molecule has 0 saturated carbocycles. The Kier molecular flexibility index (Phi) is 5.91. The number of rotatable bonds is 1. The van der Waals surface area contributed by atoms with Gasteiger partial charge in [-0.2, -0.15) is 0 Å². The summed E-state index contributed by atoms with van der Waals surface area (Å²) in [5, 5.41) is 0.952. The molecular weight excluding hydrogens is 187 g/mol. The van der Waals surface area contributed by atoms with Gasteiger partial charge in [-0.1, -0.05) is 46.3 Å². The summed E-state index contributed by atoms with van der Waals surface area (Å²) in [6.45, 7) is 0. The molecule has 0 atom stereocenters. The van der Waals surface area contributed by atoms with Crippen molar-refractivity contribution >= 4 is 15.9 Å². The summed E-state index contributed by atoms with van der Waals surface area (Å²) >= 11 is 3.36. The van der Waals surface area contributed by atoms with E-state index in [2.05, 4.69) is 28.1 Å². The third-order valence-electron chi connectivity index (χ3n) is 0.997. The quantitative estimate of drug-likeness (QED) is 0.426. The maximum absolute atomic E-state index is 3.36. The van der Waals surface area contributed by atoms with Crippen LogP contribution in [0.3, 0.4) is 0 Å². The summed E-state index contributed by atoms with van der Waals surface area (Å²) < 4.78 is 0. The van der Waals surface area contributed by atoms with Gasteiger partial charge in [0, 0.05) is 5.33 Å². The summed E-state index contributed by atoms with van der Waals surface area (Å²) in [7, 11) is 0. The molecule has 0 aliphatic carbocycles. The molecule has 0 fully saturated rings. The number of halogens is 1. The number of hydrogen-bond donors (Lipinski definition) is 0. The summed E-state index contributed by atoms with van der Waals surface area (Å²) in [5.74, 6) is 0. The molecule has 1 aromatic carbocycles. The number of alkyl halides is 1. The zero-order valence-electron chi connectivity index (χ0n) is 6.47. The van der Waals surface area contributed by atoms with Crippen LogP contribution in [-0.4, -0.2) is 0 Å². The fraction of sp³-hybridized carbons (Fsp3) is 0.143. The molecule has 1 aromatic rings. The first-order valence-electron chi connectivity index (χ1n) is 2.53. The van der Waals surface area contributed by atoms with Crippen molar-refractivity contribution in [3.8, 4) is 0 Å². The molecule has 0 saturated heterocycles. The predicted octanol–water partition coefficient (Wildman–Crippen LogP) is -0.302. The van der Waals surface area contributed by atoms with Gasteiger partial charge < -0.3 is 1.43 Å². The van der Waals surface area contributed by atoms with Gasteiger partial charge in [-0.05, 0) is 5.56 Å². The van der Waals surface area contributed by atoms with Gasteiger partial charge in [-0.25, -0.2) is 0 Å². The topological polar surface area (TPSA) is 0 Å². The maximum atomic E-state index is 3.36. The maximum Gasteiger partial charge on any atom is 1.00 e. The molecule has 0 heterocycles. The monoisotopic (exact) mass is 194 g/mol. The minimum atomic E-state index is 0. The molecule has 0 nitrogen and oxygen atoms in total. The van der Waals surface area contributed by atoms with E-state index in [4.69, 9.17) is 0 Å². The van der Waals surface area contributed by atoms with Gasteiger partial charge in [0.25, 0.3) is 0 Å². The zero-order valence-corrected chi connectivity index (χ0v) is 9.06. The average Bonchev–Trinajstić information content (AvgIpc) is 1.90. The van der Waals surface area contributed by atoms with E-state index in [1.54, 1.807) is 0 Å². The van der Waals surface area contributed by atoms with Crippen LogP contribution in [0.25, 0.3) is 0 Å². The van der Waals surface area contributed by atoms with Crippen molar-refractivity contribution in [3.05, 3.63) is 35.9 Å². The van der Waals surface area contributed by atoms with E-state index in [-0.39, 0.29) is 31.0 Å². The van der Waals surface area contributed by atoms with Crippen molar-refractivity contribution in [1.29, 1.82) is 0 Å². The first kappa shape index (κ1) is 9.70. The molecule has 44 valence electrons. The molecule has 0 bridgehead atoms. The van der Waals surface area contributed by atoms with Crippen molar-refractivity contribution in [2.45, 2.75) is 5.33 Å². The molecule has 9 heavy (non-hydrogen) atoms. The van der Waals surface area contributed by atoms with Crippen molar-refractivity contribution < 1.29 is 31.0 Å². The predicted molar refractivity (Wildman–Crippen MR) is 40.2 cm³/mol. The Morgan fingerprint density at radius 1 is 1.22 bits per heavy atom. The zero-order chi connectivity index (χ0) is 5.82. The van der Waals surface area contributed by atoms with E-state index >= 15 is 0 Å². The van der Waals surface area contributed by atoms with Crippen LogP contribution < -0.4 is 29.6 Å². The first-order valence-corrected chi connectivity index (χ1v) is 3.65. The largest absolute Gasteiger partial charge is 1.00 e. The number of benzene rings is 1. The molecule has 0 amide bonds. The van der Waals surface area contributed by atoms with Crippen LogP contribution >= 0.6 is 15.9 Å². The molecule has 0 aliphatic rings. The SMILES string of the molecule is BrCc1ccccc1.[H-].[Na+]. The van der Waals surface area contributed by atoms with Crippen LogP contribution in [0.5, 0.6) is 0 Å². The van der Waals surface area contributed by atoms with Gasteiger partial charge in [-0.15, -0.1) is 0 Å². The van der Waals surface area contributed by atoms with E-state index in [0.717, 1.165) is 5.33 Å². The summed E-state index contributed by atoms with van der Waals surface area (Å²) in [6, 6.07) is 10.3. The van der Waals surface area contributed by atoms with E-state index in [9.17, 15) is 0 Å². The Morgan fingerprint density at radius 2 is 1.78 bits per heavy atom. The average molecular weight is 195 g/mol. The first-order chi connectivity index (χ1) is 3.93. The molecule has 0 N–H and O–H groups in total. The Labute approximate surface area is 87.6 Å². The second kappa shape index (κ2) is 5.48. The standard InChI is InChI=1S/C7H7Br.Na.H/c8-6-7-4-2-1-3-5-7;;/h1-5H,6H2;;/q;+1;-1. The van der Waals surface area contributed by atoms with Crippen molar-refractivity contribution in [1.82, 2.24) is 0 Å². The van der Waals surface area contributed by atoms with Crippen LogP contribution in [0.4, 0.5) is 0 Å². The van der Waals surface area contributed by atoms with Gasteiger partial charge in [0.05, 0.1) is 0 Å². The van der Waals surface area contributed by atoms with Crippen LogP contribution in [-0.2, 0) is 5.33 Å². The second-order valence-corrected chi connectivity index (χ2v) is 2.18. The Hall–Kier alpha value is 0.700. The Balaban J connectivity index is 0. The number of hydrogen-bond acceptors (Lipinski definition) is 0. The molecule has 2 heteroatoms. The van der Waals surface area contributed by atoms with Crippen LogP contribution in [0.1, 0.15) is 6.99 Å². The molecule has 0 unspecified atom stereocenters. The van der Waals surface area contributed by atoms with Gasteiger partial charge in [0.2, 0.25) is 0 Å². The normalized spacial score (nSPS) is 8.11. The molecule has 0 aromatic heterocycles. The summed E-state index contributed by atoms with van der Waals surface area (Å²) in [6.07, 6.45) is 0. The Bertz CT molecular complexity index is 155. The van der Waals surface area contributed by atoms with Gasteiger partial charge in [0.1, 0.15) is 0 Å². The van der Waals surface area contributed by atoms with E-state index < -0.39 is 0 Å². The second-order valence-electron chi connectivity index (χ2n) is 1.62. The summed E-state index contributed by atoms with van der Waals surface area (Å²) in [5.41, 5.74) is 1.33. The summed E-state index contributed by atoms with van der Waals surface area (Å²) in [4.78, 5) is 0. The molecule has 0 aliphatic heterocycles. The van der Waals surface area contributed by atoms with E-state index in [1.165, 1.54) is 5.56 Å². The van der Waals surface area contributed by atoms with Crippen molar-refractivity contribution in [2.24, 2.45) is 0 Å². The fourth-order valence-corrected chi connectivity index (χ4v) is 0.941. The minimum absolute atomic E-state index is 0. The third kappa shape index (κ3) is 3.41. The van der Waals surface area contributed by atoms with E-state index in [1.807, 2.05) is 18.2 Å². The molecular formula is C7H8BrNa. The van der Waals surface area contributed by atoms with Gasteiger partial charge >= 0.3 is 29.6 Å². The van der Waals surface area contributed by atoms with E-state index in [0.29, 0.717) is 0 Å². The molecule has 0 spiro atoms. The van der Waals surface area contributed by atoms with Crippen LogP contribution in [0.15, 0.2) is 30.3 Å². The van der Waals surface area contributed by atoms with Gasteiger partial charge in [0.15, 0.2) is 0 Å². The Morgan fingerprint density at radius 3 is 2.11 bits per heavy atom. The van der Waals surface area contributed by atoms with Crippen molar-refractivity contribution in [3.63, 3.8) is 0 Å². The minimum Gasteiger partial charge on any atom is -1.00 e. The smallest absolute Gasteiger partial charge is 1.00 e. The van der Waals surface area contributed by atoms with Crippen molar-refractivity contribution in [2.75, 3.05) is 0 Å². The molecule has 1 rings (SSSR count). The van der Waals surface area contributed by atoms with Gasteiger partial charge in [-0.3, -0.25) is 0 Å². The fourth-order valence-electron chi connectivity index (χ4n) is 0.567. The van der Waals surface area contributed by atoms with Crippen LogP contribution in [0.2, 0.25) is 0 Å². The van der Waals surface area contributed by atoms with Crippen LogP contribution in [0, 0.1) is 0 Å². The molecule has 0 radical (unpaired) electrons.